The van der Waals surface area contributed by atoms with E-state index < -0.39 is 0 Å². The number of anilines is 2. The highest BCUT2D eigenvalue weighted by molar-refractivity contribution is 6.32. The third kappa shape index (κ3) is 5.60. The molecule has 0 saturated carbocycles. The third-order valence-corrected chi connectivity index (χ3v) is 5.35. The van der Waals surface area contributed by atoms with Crippen molar-refractivity contribution in [3.05, 3.63) is 113 Å². The van der Waals surface area contributed by atoms with Gasteiger partial charge in [0.1, 0.15) is 24.5 Å². The summed E-state index contributed by atoms with van der Waals surface area (Å²) in [4.78, 5) is 21.2. The second kappa shape index (κ2) is 10.6. The Morgan fingerprint density at radius 3 is 2.65 bits per heavy atom. The first-order valence-corrected chi connectivity index (χ1v) is 10.9. The van der Waals surface area contributed by atoms with Crippen molar-refractivity contribution >= 4 is 39.8 Å². The summed E-state index contributed by atoms with van der Waals surface area (Å²) >= 11 is 6.45. The highest BCUT2D eigenvalue weighted by atomic mass is 35.5. The zero-order valence-electron chi connectivity index (χ0n) is 18.4. The Labute approximate surface area is 202 Å². The van der Waals surface area contributed by atoms with Crippen molar-refractivity contribution in [2.75, 3.05) is 5.32 Å². The number of aliphatic hydroxyl groups is 1. The molecule has 34 heavy (non-hydrogen) atoms. The van der Waals surface area contributed by atoms with Crippen LogP contribution in [0, 0.1) is 0 Å². The van der Waals surface area contributed by atoms with Crippen LogP contribution in [0.4, 0.5) is 11.5 Å². The van der Waals surface area contributed by atoms with Crippen LogP contribution in [0.2, 0.25) is 5.02 Å². The average molecular weight is 472 g/mol. The zero-order chi connectivity index (χ0) is 23.9. The molecule has 0 aliphatic heterocycles. The summed E-state index contributed by atoms with van der Waals surface area (Å²) in [6.07, 6.45) is 5.37. The minimum absolute atomic E-state index is 0.194. The molecule has 0 aliphatic rings. The fraction of sp³-hybridized carbons (Fsp3) is 0.0741. The number of allylic oxidation sites excluding steroid dienone is 3. The Morgan fingerprint density at radius 2 is 1.88 bits per heavy atom. The Kier molecular flexibility index (Phi) is 7.20. The Bertz CT molecular complexity index is 1380. The van der Waals surface area contributed by atoms with Crippen molar-refractivity contribution in [2.24, 2.45) is 0 Å². The summed E-state index contributed by atoms with van der Waals surface area (Å²) in [5.41, 5.74) is 3.52. The molecular formula is C27H22ClN3O3. The third-order valence-electron chi connectivity index (χ3n) is 5.05. The van der Waals surface area contributed by atoms with Gasteiger partial charge in [-0.05, 0) is 60.5 Å². The van der Waals surface area contributed by atoms with E-state index >= 15 is 0 Å². The first kappa shape index (κ1) is 23.0. The highest BCUT2D eigenvalue weighted by Crippen LogP contribution is 2.31. The SMILES string of the molecule is CC(C=CC(=O)c1ccc2ncnc(Nc3ccc(OCc4ccccc4)c(Cl)c3)c2c1)=CO. The molecule has 0 fully saturated rings. The molecule has 0 spiro atoms. The molecule has 3 aromatic carbocycles. The van der Waals surface area contributed by atoms with Crippen LogP contribution in [-0.2, 0) is 6.61 Å². The van der Waals surface area contributed by atoms with Gasteiger partial charge in [0.05, 0.1) is 16.8 Å². The molecule has 4 rings (SSSR count). The number of carbonyl (C=O) groups excluding carboxylic acids is 1. The monoisotopic (exact) mass is 471 g/mol. The summed E-state index contributed by atoms with van der Waals surface area (Å²) in [6, 6.07) is 20.5. The van der Waals surface area contributed by atoms with Crippen LogP contribution in [0.15, 0.2) is 97.0 Å². The predicted octanol–water partition coefficient (Wildman–Crippen LogP) is 6.81. The van der Waals surface area contributed by atoms with E-state index in [2.05, 4.69) is 15.3 Å². The lowest BCUT2D eigenvalue weighted by atomic mass is 10.1. The lowest BCUT2D eigenvalue weighted by Crippen LogP contribution is -2.00. The standard InChI is InChI=1S/C27H22ClN3O3/c1-18(15-32)7-11-25(33)20-8-10-24-22(13-20)27(30-17-29-24)31-21-9-12-26(23(28)14-21)34-16-19-5-3-2-4-6-19/h2-15,17,32H,16H2,1H3,(H,29,30,31). The van der Waals surface area contributed by atoms with Gasteiger partial charge in [-0.25, -0.2) is 9.97 Å². The first-order valence-electron chi connectivity index (χ1n) is 10.5. The number of halogens is 1. The molecule has 2 N–H and O–H groups in total. The van der Waals surface area contributed by atoms with Crippen molar-refractivity contribution in [2.45, 2.75) is 13.5 Å². The molecule has 0 saturated heterocycles. The molecule has 0 bridgehead atoms. The van der Waals surface area contributed by atoms with Crippen molar-refractivity contribution in [1.29, 1.82) is 0 Å². The van der Waals surface area contributed by atoms with E-state index in [0.717, 1.165) is 17.5 Å². The number of fused-ring (bicyclic) bond motifs is 1. The molecule has 1 heterocycles. The fourth-order valence-electron chi connectivity index (χ4n) is 3.22. The van der Waals surface area contributed by atoms with Crippen molar-refractivity contribution in [3.8, 4) is 5.75 Å². The van der Waals surface area contributed by atoms with Gasteiger partial charge in [0.15, 0.2) is 5.78 Å². The second-order valence-corrected chi connectivity index (χ2v) is 7.98. The van der Waals surface area contributed by atoms with Gasteiger partial charge in [-0.1, -0.05) is 48.0 Å². The largest absolute Gasteiger partial charge is 0.515 e. The normalized spacial score (nSPS) is 11.6. The smallest absolute Gasteiger partial charge is 0.185 e. The van der Waals surface area contributed by atoms with E-state index in [4.69, 9.17) is 21.4 Å². The van der Waals surface area contributed by atoms with E-state index in [1.807, 2.05) is 36.4 Å². The highest BCUT2D eigenvalue weighted by Gasteiger charge is 2.10. The lowest BCUT2D eigenvalue weighted by molar-refractivity contribution is 0.104. The molecule has 4 aromatic rings. The number of nitrogens with one attached hydrogen (secondary N) is 1. The van der Waals surface area contributed by atoms with E-state index in [9.17, 15) is 4.79 Å². The summed E-state index contributed by atoms with van der Waals surface area (Å²) in [6.45, 7) is 2.12. The second-order valence-electron chi connectivity index (χ2n) is 7.57. The lowest BCUT2D eigenvalue weighted by Gasteiger charge is -2.12. The molecule has 7 heteroatoms. The van der Waals surface area contributed by atoms with E-state index in [-0.39, 0.29) is 5.78 Å². The van der Waals surface area contributed by atoms with Gasteiger partial charge in [0, 0.05) is 16.6 Å². The molecule has 0 atom stereocenters. The van der Waals surface area contributed by atoms with Gasteiger partial charge in [-0.2, -0.15) is 0 Å². The first-order chi connectivity index (χ1) is 16.5. The Balaban J connectivity index is 1.55. The number of ether oxygens (including phenoxy) is 1. The van der Waals surface area contributed by atoms with Gasteiger partial charge >= 0.3 is 0 Å². The maximum absolute atomic E-state index is 12.5. The van der Waals surface area contributed by atoms with Gasteiger partial charge in [0.25, 0.3) is 0 Å². The molecule has 0 aliphatic carbocycles. The minimum atomic E-state index is -0.194. The maximum atomic E-state index is 12.5. The van der Waals surface area contributed by atoms with Crippen LogP contribution in [0.25, 0.3) is 10.9 Å². The van der Waals surface area contributed by atoms with Crippen molar-refractivity contribution in [3.63, 3.8) is 0 Å². The van der Waals surface area contributed by atoms with Gasteiger partial charge in [-0.15, -0.1) is 0 Å². The van der Waals surface area contributed by atoms with Crippen LogP contribution in [-0.4, -0.2) is 20.9 Å². The number of hydrogen-bond donors (Lipinski definition) is 2. The topological polar surface area (TPSA) is 84.3 Å². The van der Waals surface area contributed by atoms with E-state index in [1.165, 1.54) is 12.4 Å². The van der Waals surface area contributed by atoms with E-state index in [0.29, 0.717) is 45.2 Å². The van der Waals surface area contributed by atoms with Crippen molar-refractivity contribution in [1.82, 2.24) is 9.97 Å². The summed E-state index contributed by atoms with van der Waals surface area (Å²) in [5.74, 6) is 0.931. The quantitative estimate of drug-likeness (QED) is 0.127. The Hall–Kier alpha value is -4.16. The number of benzene rings is 3. The molecule has 0 amide bonds. The molecule has 170 valence electrons. The molecule has 0 unspecified atom stereocenters. The van der Waals surface area contributed by atoms with Crippen LogP contribution in [0.1, 0.15) is 22.8 Å². The van der Waals surface area contributed by atoms with Crippen LogP contribution in [0.3, 0.4) is 0 Å². The summed E-state index contributed by atoms with van der Waals surface area (Å²) < 4.78 is 5.84. The maximum Gasteiger partial charge on any atom is 0.185 e. The number of hydrogen-bond acceptors (Lipinski definition) is 6. The Morgan fingerprint density at radius 1 is 1.06 bits per heavy atom. The minimum Gasteiger partial charge on any atom is -0.515 e. The number of rotatable bonds is 8. The zero-order valence-corrected chi connectivity index (χ0v) is 19.2. The number of ketones is 1. The molecule has 1 aromatic heterocycles. The number of carbonyl (C=O) groups is 1. The molecule has 0 radical (unpaired) electrons. The predicted molar refractivity (Wildman–Crippen MR) is 135 cm³/mol. The number of aromatic nitrogens is 2. The van der Waals surface area contributed by atoms with Crippen LogP contribution >= 0.6 is 11.6 Å². The number of aliphatic hydroxyl groups excluding tert-OH is 1. The van der Waals surface area contributed by atoms with Gasteiger partial charge in [-0.3, -0.25) is 4.79 Å². The molecule has 6 nitrogen and oxygen atoms in total. The fourth-order valence-corrected chi connectivity index (χ4v) is 3.46. The van der Waals surface area contributed by atoms with Crippen molar-refractivity contribution < 1.29 is 14.6 Å². The van der Waals surface area contributed by atoms with E-state index in [1.54, 1.807) is 43.3 Å². The summed E-state index contributed by atoms with van der Waals surface area (Å²) in [7, 11) is 0. The summed E-state index contributed by atoms with van der Waals surface area (Å²) in [5, 5.41) is 13.4. The van der Waals surface area contributed by atoms with Gasteiger partial charge < -0.3 is 15.2 Å². The average Bonchev–Trinajstić information content (AvgIpc) is 2.87. The number of nitrogens with zero attached hydrogens (tertiary/aromatic N) is 2. The molecular weight excluding hydrogens is 450 g/mol. The van der Waals surface area contributed by atoms with Crippen LogP contribution in [0.5, 0.6) is 5.75 Å². The van der Waals surface area contributed by atoms with Crippen LogP contribution < -0.4 is 10.1 Å². The van der Waals surface area contributed by atoms with Gasteiger partial charge in [0.2, 0.25) is 0 Å².